The Bertz CT molecular complexity index is 638. The van der Waals surface area contributed by atoms with Crippen molar-refractivity contribution in [1.29, 1.82) is 0 Å². The third-order valence-corrected chi connectivity index (χ3v) is 5.49. The summed E-state index contributed by atoms with van der Waals surface area (Å²) in [5, 5.41) is 6.29. The van der Waals surface area contributed by atoms with Gasteiger partial charge in [0.25, 0.3) is 0 Å². The SMILES string of the molecule is C[C@H]1CCCC[C@H]1NC(=O)Cc1csc(Cc2ccccc2)n1. The summed E-state index contributed by atoms with van der Waals surface area (Å²) in [5.74, 6) is 0.706. The van der Waals surface area contributed by atoms with Crippen molar-refractivity contribution < 1.29 is 4.79 Å². The van der Waals surface area contributed by atoms with Crippen molar-refractivity contribution in [2.75, 3.05) is 0 Å². The molecule has 1 saturated carbocycles. The van der Waals surface area contributed by atoms with Crippen LogP contribution in [0, 0.1) is 5.92 Å². The zero-order valence-corrected chi connectivity index (χ0v) is 14.4. The van der Waals surface area contributed by atoms with Gasteiger partial charge in [0, 0.05) is 17.8 Å². The monoisotopic (exact) mass is 328 g/mol. The van der Waals surface area contributed by atoms with Crippen molar-refractivity contribution in [3.05, 3.63) is 52.0 Å². The Kier molecular flexibility index (Phi) is 5.44. The lowest BCUT2D eigenvalue weighted by Gasteiger charge is -2.29. The molecule has 0 spiro atoms. The Morgan fingerprint density at radius 1 is 1.26 bits per heavy atom. The smallest absolute Gasteiger partial charge is 0.226 e. The summed E-state index contributed by atoms with van der Waals surface area (Å²) in [5.41, 5.74) is 2.15. The van der Waals surface area contributed by atoms with Gasteiger partial charge in [-0.2, -0.15) is 0 Å². The molecule has 3 nitrogen and oxygen atoms in total. The van der Waals surface area contributed by atoms with Gasteiger partial charge in [0.2, 0.25) is 5.91 Å². The molecule has 1 heterocycles. The van der Waals surface area contributed by atoms with Crippen LogP contribution in [0.15, 0.2) is 35.7 Å². The number of aromatic nitrogens is 1. The van der Waals surface area contributed by atoms with Crippen molar-refractivity contribution in [1.82, 2.24) is 10.3 Å². The van der Waals surface area contributed by atoms with Gasteiger partial charge < -0.3 is 5.32 Å². The van der Waals surface area contributed by atoms with Crippen LogP contribution in [0.2, 0.25) is 0 Å². The van der Waals surface area contributed by atoms with Crippen molar-refractivity contribution in [2.24, 2.45) is 5.92 Å². The summed E-state index contributed by atoms with van der Waals surface area (Å²) < 4.78 is 0. The highest BCUT2D eigenvalue weighted by Crippen LogP contribution is 2.24. The summed E-state index contributed by atoms with van der Waals surface area (Å²) in [7, 11) is 0. The van der Waals surface area contributed by atoms with Gasteiger partial charge in [-0.3, -0.25) is 4.79 Å². The lowest BCUT2D eigenvalue weighted by molar-refractivity contribution is -0.121. The van der Waals surface area contributed by atoms with E-state index in [1.54, 1.807) is 11.3 Å². The van der Waals surface area contributed by atoms with Crippen LogP contribution in [0.5, 0.6) is 0 Å². The minimum Gasteiger partial charge on any atom is -0.353 e. The number of benzene rings is 1. The zero-order valence-electron chi connectivity index (χ0n) is 13.6. The molecule has 2 atom stereocenters. The van der Waals surface area contributed by atoms with Gasteiger partial charge in [0.15, 0.2) is 0 Å². The molecule has 0 unspecified atom stereocenters. The Morgan fingerprint density at radius 2 is 2.04 bits per heavy atom. The van der Waals surface area contributed by atoms with E-state index < -0.39 is 0 Å². The first kappa shape index (κ1) is 16.2. The fraction of sp³-hybridized carbons (Fsp3) is 0.474. The van der Waals surface area contributed by atoms with Gasteiger partial charge in [-0.15, -0.1) is 11.3 Å². The third-order valence-electron chi connectivity index (χ3n) is 4.60. The number of carbonyl (C=O) groups excluding carboxylic acids is 1. The van der Waals surface area contributed by atoms with Crippen molar-refractivity contribution >= 4 is 17.2 Å². The van der Waals surface area contributed by atoms with E-state index in [0.29, 0.717) is 18.4 Å². The van der Waals surface area contributed by atoms with Crippen molar-refractivity contribution in [3.8, 4) is 0 Å². The van der Waals surface area contributed by atoms with Gasteiger partial charge in [-0.05, 0) is 24.3 Å². The predicted molar refractivity (Wildman–Crippen MR) is 94.6 cm³/mol. The molecule has 1 aliphatic rings. The van der Waals surface area contributed by atoms with Gasteiger partial charge >= 0.3 is 0 Å². The average Bonchev–Trinajstić information content (AvgIpc) is 2.97. The maximum absolute atomic E-state index is 12.2. The Hall–Kier alpha value is -1.68. The van der Waals surface area contributed by atoms with E-state index in [0.717, 1.165) is 23.5 Å². The molecule has 0 radical (unpaired) electrons. The van der Waals surface area contributed by atoms with E-state index in [2.05, 4.69) is 29.4 Å². The average molecular weight is 328 g/mol. The molecule has 23 heavy (non-hydrogen) atoms. The minimum absolute atomic E-state index is 0.111. The maximum Gasteiger partial charge on any atom is 0.226 e. The number of rotatable bonds is 5. The minimum atomic E-state index is 0.111. The molecule has 4 heteroatoms. The molecule has 122 valence electrons. The van der Waals surface area contributed by atoms with E-state index in [1.165, 1.54) is 24.8 Å². The molecule has 0 bridgehead atoms. The van der Waals surface area contributed by atoms with Crippen LogP contribution in [0.1, 0.15) is 48.9 Å². The van der Waals surface area contributed by atoms with Gasteiger partial charge in [0.05, 0.1) is 17.1 Å². The van der Waals surface area contributed by atoms with Crippen LogP contribution < -0.4 is 5.32 Å². The quantitative estimate of drug-likeness (QED) is 0.902. The van der Waals surface area contributed by atoms with Gasteiger partial charge in [-0.25, -0.2) is 4.98 Å². The highest BCUT2D eigenvalue weighted by atomic mass is 32.1. The van der Waals surface area contributed by atoms with Crippen LogP contribution in [0.3, 0.4) is 0 Å². The first-order valence-corrected chi connectivity index (χ1v) is 9.35. The highest BCUT2D eigenvalue weighted by molar-refractivity contribution is 7.09. The van der Waals surface area contributed by atoms with Crippen LogP contribution >= 0.6 is 11.3 Å². The Balaban J connectivity index is 1.53. The fourth-order valence-electron chi connectivity index (χ4n) is 3.23. The second kappa shape index (κ2) is 7.73. The summed E-state index contributed by atoms with van der Waals surface area (Å²) in [6.07, 6.45) is 6.10. The van der Waals surface area contributed by atoms with Crippen LogP contribution in [-0.2, 0) is 17.6 Å². The normalized spacial score (nSPS) is 21.1. The molecule has 0 saturated heterocycles. The summed E-state index contributed by atoms with van der Waals surface area (Å²) in [6.45, 7) is 2.24. The first-order chi connectivity index (χ1) is 11.2. The van der Waals surface area contributed by atoms with E-state index in [1.807, 2.05) is 23.6 Å². The van der Waals surface area contributed by atoms with Gasteiger partial charge in [0.1, 0.15) is 0 Å². The number of thiazole rings is 1. The molecule has 1 N–H and O–H groups in total. The summed E-state index contributed by atoms with van der Waals surface area (Å²) >= 11 is 1.64. The number of amides is 1. The number of hydrogen-bond acceptors (Lipinski definition) is 3. The lowest BCUT2D eigenvalue weighted by atomic mass is 9.86. The topological polar surface area (TPSA) is 42.0 Å². The predicted octanol–water partition coefficient (Wildman–Crippen LogP) is 3.97. The fourth-order valence-corrected chi connectivity index (χ4v) is 4.06. The Morgan fingerprint density at radius 3 is 2.83 bits per heavy atom. The molecule has 1 aromatic heterocycles. The van der Waals surface area contributed by atoms with E-state index in [9.17, 15) is 4.79 Å². The van der Waals surface area contributed by atoms with Crippen molar-refractivity contribution in [3.63, 3.8) is 0 Å². The van der Waals surface area contributed by atoms with Crippen LogP contribution in [-0.4, -0.2) is 16.9 Å². The van der Waals surface area contributed by atoms with Crippen LogP contribution in [0.4, 0.5) is 0 Å². The molecule has 1 aliphatic carbocycles. The number of hydrogen-bond donors (Lipinski definition) is 1. The molecule has 3 rings (SSSR count). The first-order valence-electron chi connectivity index (χ1n) is 8.47. The van der Waals surface area contributed by atoms with E-state index in [4.69, 9.17) is 0 Å². The maximum atomic E-state index is 12.2. The van der Waals surface area contributed by atoms with Crippen LogP contribution in [0.25, 0.3) is 0 Å². The zero-order chi connectivity index (χ0) is 16.1. The van der Waals surface area contributed by atoms with E-state index >= 15 is 0 Å². The number of nitrogens with one attached hydrogen (secondary N) is 1. The van der Waals surface area contributed by atoms with Crippen molar-refractivity contribution in [2.45, 2.75) is 51.5 Å². The van der Waals surface area contributed by atoms with E-state index in [-0.39, 0.29) is 5.91 Å². The largest absolute Gasteiger partial charge is 0.353 e. The molecule has 1 aromatic carbocycles. The number of nitrogens with zero attached hydrogens (tertiary/aromatic N) is 1. The molecule has 1 fully saturated rings. The van der Waals surface area contributed by atoms with Gasteiger partial charge in [-0.1, -0.05) is 50.1 Å². The molecule has 0 aliphatic heterocycles. The summed E-state index contributed by atoms with van der Waals surface area (Å²) in [6, 6.07) is 10.7. The lowest BCUT2D eigenvalue weighted by Crippen LogP contribution is -2.41. The Labute approximate surface area is 142 Å². The molecular formula is C19H24N2OS. The second-order valence-corrected chi connectivity index (χ2v) is 7.45. The molecule has 1 amide bonds. The standard InChI is InChI=1S/C19H24N2OS/c1-14-7-5-6-10-17(14)21-18(22)12-16-13-23-19(20-16)11-15-8-3-2-4-9-15/h2-4,8-9,13-14,17H,5-7,10-12H2,1H3,(H,21,22)/t14-,17+/m0/s1. The third kappa shape index (κ3) is 4.64. The highest BCUT2D eigenvalue weighted by Gasteiger charge is 2.23. The molecular weight excluding hydrogens is 304 g/mol. The number of carbonyl (C=O) groups is 1. The molecule has 2 aromatic rings. The second-order valence-electron chi connectivity index (χ2n) is 6.51. The summed E-state index contributed by atoms with van der Waals surface area (Å²) in [4.78, 5) is 16.9.